The molecular formula is C17H23NO5. The van der Waals surface area contributed by atoms with Gasteiger partial charge in [0.25, 0.3) is 0 Å². The fourth-order valence-electron chi connectivity index (χ4n) is 2.67. The average molecular weight is 321 g/mol. The summed E-state index contributed by atoms with van der Waals surface area (Å²) in [5.74, 6) is -1.32. The standard InChI is InChI=1S/C17H23NO5/c1-12-4-6-13(7-5-12)16-14(3-2-9-23-16)17(21)18-8-10-22-11-15(19)20/h4-7,14,16H,2-3,8-11H2,1H3,(H,18,21)(H,19,20). The van der Waals surface area contributed by atoms with Crippen LogP contribution in [0.4, 0.5) is 0 Å². The number of hydrogen-bond acceptors (Lipinski definition) is 4. The molecular weight excluding hydrogens is 298 g/mol. The second-order valence-electron chi connectivity index (χ2n) is 5.69. The maximum absolute atomic E-state index is 12.4. The zero-order chi connectivity index (χ0) is 16.7. The van der Waals surface area contributed by atoms with Crippen LogP contribution in [0.2, 0.25) is 0 Å². The smallest absolute Gasteiger partial charge is 0.329 e. The van der Waals surface area contributed by atoms with E-state index in [1.807, 2.05) is 31.2 Å². The Kier molecular flexibility index (Phi) is 6.55. The summed E-state index contributed by atoms with van der Waals surface area (Å²) < 4.78 is 10.7. The highest BCUT2D eigenvalue weighted by molar-refractivity contribution is 5.79. The lowest BCUT2D eigenvalue weighted by molar-refractivity contribution is -0.142. The van der Waals surface area contributed by atoms with Crippen molar-refractivity contribution in [2.24, 2.45) is 5.92 Å². The van der Waals surface area contributed by atoms with Crippen molar-refractivity contribution in [2.75, 3.05) is 26.4 Å². The van der Waals surface area contributed by atoms with Crippen LogP contribution in [0.5, 0.6) is 0 Å². The van der Waals surface area contributed by atoms with Crippen molar-refractivity contribution >= 4 is 11.9 Å². The van der Waals surface area contributed by atoms with E-state index in [9.17, 15) is 9.59 Å². The Morgan fingerprint density at radius 1 is 1.35 bits per heavy atom. The summed E-state index contributed by atoms with van der Waals surface area (Å²) in [6.07, 6.45) is 1.40. The molecule has 1 amide bonds. The van der Waals surface area contributed by atoms with Crippen LogP contribution in [0.1, 0.15) is 30.1 Å². The molecule has 0 aromatic heterocycles. The van der Waals surface area contributed by atoms with Crippen LogP contribution in [-0.4, -0.2) is 43.3 Å². The molecule has 1 aromatic rings. The number of carbonyl (C=O) groups excluding carboxylic acids is 1. The van der Waals surface area contributed by atoms with Crippen LogP contribution < -0.4 is 5.32 Å². The van der Waals surface area contributed by atoms with E-state index in [1.54, 1.807) is 0 Å². The molecule has 0 aliphatic carbocycles. The molecule has 2 unspecified atom stereocenters. The van der Waals surface area contributed by atoms with Crippen molar-refractivity contribution in [3.63, 3.8) is 0 Å². The van der Waals surface area contributed by atoms with Gasteiger partial charge in [0.1, 0.15) is 6.61 Å². The third-order valence-electron chi connectivity index (χ3n) is 3.84. The molecule has 2 N–H and O–H groups in total. The van der Waals surface area contributed by atoms with Crippen molar-refractivity contribution in [3.05, 3.63) is 35.4 Å². The first-order valence-electron chi connectivity index (χ1n) is 7.83. The molecule has 6 nitrogen and oxygen atoms in total. The van der Waals surface area contributed by atoms with Crippen LogP contribution in [0, 0.1) is 12.8 Å². The highest BCUT2D eigenvalue weighted by Gasteiger charge is 2.32. The monoisotopic (exact) mass is 321 g/mol. The molecule has 23 heavy (non-hydrogen) atoms. The highest BCUT2D eigenvalue weighted by Crippen LogP contribution is 2.33. The number of carboxylic acids is 1. The zero-order valence-electron chi connectivity index (χ0n) is 13.3. The summed E-state index contributed by atoms with van der Waals surface area (Å²) >= 11 is 0. The number of amides is 1. The van der Waals surface area contributed by atoms with E-state index in [-0.39, 0.29) is 31.1 Å². The topological polar surface area (TPSA) is 84.9 Å². The van der Waals surface area contributed by atoms with Gasteiger partial charge < -0.3 is 19.9 Å². The van der Waals surface area contributed by atoms with Gasteiger partial charge in [-0.3, -0.25) is 4.79 Å². The number of ether oxygens (including phenoxy) is 2. The minimum atomic E-state index is -1.02. The summed E-state index contributed by atoms with van der Waals surface area (Å²) in [6.45, 7) is 2.80. The fraction of sp³-hybridized carbons (Fsp3) is 0.529. The Morgan fingerprint density at radius 3 is 2.78 bits per heavy atom. The molecule has 1 aliphatic heterocycles. The van der Waals surface area contributed by atoms with E-state index < -0.39 is 5.97 Å². The van der Waals surface area contributed by atoms with Gasteiger partial charge in [-0.05, 0) is 25.3 Å². The van der Waals surface area contributed by atoms with Gasteiger partial charge in [0.2, 0.25) is 5.91 Å². The van der Waals surface area contributed by atoms with Crippen LogP contribution in [0.25, 0.3) is 0 Å². The van der Waals surface area contributed by atoms with Crippen LogP contribution in [0.3, 0.4) is 0 Å². The maximum atomic E-state index is 12.4. The molecule has 0 spiro atoms. The highest BCUT2D eigenvalue weighted by atomic mass is 16.5. The number of aryl methyl sites for hydroxylation is 1. The van der Waals surface area contributed by atoms with Crippen molar-refractivity contribution < 1.29 is 24.2 Å². The summed E-state index contributed by atoms with van der Waals surface area (Å²) in [7, 11) is 0. The molecule has 1 aliphatic rings. The number of aliphatic carboxylic acids is 1. The first kappa shape index (κ1) is 17.4. The van der Waals surface area contributed by atoms with Crippen LogP contribution >= 0.6 is 0 Å². The Morgan fingerprint density at radius 2 is 2.09 bits per heavy atom. The van der Waals surface area contributed by atoms with E-state index in [2.05, 4.69) is 5.32 Å². The lowest BCUT2D eigenvalue weighted by Gasteiger charge is -2.31. The molecule has 2 atom stereocenters. The van der Waals surface area contributed by atoms with Gasteiger partial charge in [-0.15, -0.1) is 0 Å². The Hall–Kier alpha value is -1.92. The number of rotatable bonds is 7. The molecule has 1 aromatic carbocycles. The second kappa shape index (κ2) is 8.64. The number of carboxylic acid groups (broad SMARTS) is 1. The second-order valence-corrected chi connectivity index (χ2v) is 5.69. The predicted octanol–water partition coefficient (Wildman–Crippen LogP) is 1.68. The van der Waals surface area contributed by atoms with E-state index in [4.69, 9.17) is 14.6 Å². The minimum Gasteiger partial charge on any atom is -0.480 e. The van der Waals surface area contributed by atoms with E-state index >= 15 is 0 Å². The van der Waals surface area contributed by atoms with Crippen molar-refractivity contribution in [2.45, 2.75) is 25.9 Å². The first-order chi connectivity index (χ1) is 11.1. The van der Waals surface area contributed by atoms with Gasteiger partial charge in [-0.2, -0.15) is 0 Å². The van der Waals surface area contributed by atoms with Crippen LogP contribution in [-0.2, 0) is 19.1 Å². The number of hydrogen-bond donors (Lipinski definition) is 2. The number of carbonyl (C=O) groups is 2. The first-order valence-corrected chi connectivity index (χ1v) is 7.83. The van der Waals surface area contributed by atoms with Crippen LogP contribution in [0.15, 0.2) is 24.3 Å². The van der Waals surface area contributed by atoms with Gasteiger partial charge in [-0.25, -0.2) is 4.79 Å². The lowest BCUT2D eigenvalue weighted by Crippen LogP contribution is -2.39. The van der Waals surface area contributed by atoms with Gasteiger partial charge in [0, 0.05) is 13.2 Å². The Bertz CT molecular complexity index is 528. The minimum absolute atomic E-state index is 0.0748. The van der Waals surface area contributed by atoms with Gasteiger partial charge in [0.15, 0.2) is 0 Å². The lowest BCUT2D eigenvalue weighted by atomic mass is 9.88. The Labute approximate surface area is 135 Å². The third-order valence-corrected chi connectivity index (χ3v) is 3.84. The summed E-state index contributed by atoms with van der Waals surface area (Å²) in [5, 5.41) is 11.3. The normalized spacial score (nSPS) is 20.9. The number of nitrogens with one attached hydrogen (secondary N) is 1. The summed E-state index contributed by atoms with van der Waals surface area (Å²) in [6, 6.07) is 8.03. The molecule has 0 saturated carbocycles. The van der Waals surface area contributed by atoms with E-state index in [0.717, 1.165) is 18.4 Å². The molecule has 2 rings (SSSR count). The Balaban J connectivity index is 1.88. The van der Waals surface area contributed by atoms with Crippen molar-refractivity contribution in [1.82, 2.24) is 5.32 Å². The molecule has 126 valence electrons. The largest absolute Gasteiger partial charge is 0.480 e. The van der Waals surface area contributed by atoms with Gasteiger partial charge in [0.05, 0.1) is 18.6 Å². The zero-order valence-corrected chi connectivity index (χ0v) is 13.3. The third kappa shape index (κ3) is 5.33. The molecule has 1 heterocycles. The van der Waals surface area contributed by atoms with Crippen molar-refractivity contribution in [1.29, 1.82) is 0 Å². The fourth-order valence-corrected chi connectivity index (χ4v) is 2.67. The maximum Gasteiger partial charge on any atom is 0.329 e. The summed E-state index contributed by atoms with van der Waals surface area (Å²) in [5.41, 5.74) is 2.18. The van der Waals surface area contributed by atoms with Crippen molar-refractivity contribution in [3.8, 4) is 0 Å². The molecule has 0 bridgehead atoms. The summed E-state index contributed by atoms with van der Waals surface area (Å²) in [4.78, 5) is 22.7. The molecule has 6 heteroatoms. The SMILES string of the molecule is Cc1ccc(C2OCCCC2C(=O)NCCOCC(=O)O)cc1. The van der Waals surface area contributed by atoms with Gasteiger partial charge >= 0.3 is 5.97 Å². The van der Waals surface area contributed by atoms with E-state index in [1.165, 1.54) is 5.56 Å². The van der Waals surface area contributed by atoms with Gasteiger partial charge in [-0.1, -0.05) is 29.8 Å². The van der Waals surface area contributed by atoms with E-state index in [0.29, 0.717) is 13.2 Å². The number of benzene rings is 1. The quantitative estimate of drug-likeness (QED) is 0.746. The average Bonchev–Trinajstić information content (AvgIpc) is 2.55. The molecule has 1 saturated heterocycles. The molecule has 0 radical (unpaired) electrons. The predicted molar refractivity (Wildman–Crippen MR) is 84.1 cm³/mol. The molecule has 1 fully saturated rings.